The molecular formula is C13H24N2O4S. The van der Waals surface area contributed by atoms with E-state index in [1.807, 2.05) is 13.8 Å². The fraction of sp³-hybridized carbons (Fsp3) is 0.923. The van der Waals surface area contributed by atoms with Crippen molar-refractivity contribution in [1.29, 1.82) is 0 Å². The summed E-state index contributed by atoms with van der Waals surface area (Å²) in [7, 11) is -3.55. The van der Waals surface area contributed by atoms with Crippen molar-refractivity contribution in [3.8, 4) is 0 Å². The predicted octanol–water partition coefficient (Wildman–Crippen LogP) is 1.29. The molecule has 6 nitrogen and oxygen atoms in total. The summed E-state index contributed by atoms with van der Waals surface area (Å²) >= 11 is 0. The number of carbonyl (C=O) groups is 1. The highest BCUT2D eigenvalue weighted by atomic mass is 32.2. The van der Waals surface area contributed by atoms with E-state index in [0.29, 0.717) is 19.4 Å². The first-order chi connectivity index (χ1) is 9.34. The molecule has 1 N–H and O–H groups in total. The summed E-state index contributed by atoms with van der Waals surface area (Å²) in [6.45, 7) is 4.41. The Balaban J connectivity index is 2.18. The lowest BCUT2D eigenvalue weighted by molar-refractivity contribution is -0.142. The number of carboxylic acid groups (broad SMARTS) is 1. The minimum absolute atomic E-state index is 0.00560. The standard InChI is InChI=1S/C13H24N2O4S/c1-10-5-3-6-11(2)15(10)20(18,19)14-8-4-7-12(9-14)13(16)17/h10-12H,3-9H2,1-2H3,(H,16,17). The Bertz CT molecular complexity index is 455. The van der Waals surface area contributed by atoms with Gasteiger partial charge in [-0.25, -0.2) is 0 Å². The average molecular weight is 304 g/mol. The Morgan fingerprint density at radius 3 is 2.25 bits per heavy atom. The molecule has 2 saturated heterocycles. The van der Waals surface area contributed by atoms with E-state index in [9.17, 15) is 13.2 Å². The number of rotatable bonds is 3. The van der Waals surface area contributed by atoms with Gasteiger partial charge in [-0.2, -0.15) is 17.0 Å². The maximum absolute atomic E-state index is 12.8. The first-order valence-electron chi connectivity index (χ1n) is 7.35. The minimum atomic E-state index is -3.55. The van der Waals surface area contributed by atoms with Crippen molar-refractivity contribution in [2.75, 3.05) is 13.1 Å². The summed E-state index contributed by atoms with van der Waals surface area (Å²) in [5, 5.41) is 9.10. The van der Waals surface area contributed by atoms with Crippen molar-refractivity contribution in [1.82, 2.24) is 8.61 Å². The Morgan fingerprint density at radius 2 is 1.70 bits per heavy atom. The summed E-state index contributed by atoms with van der Waals surface area (Å²) < 4.78 is 28.5. The molecule has 0 aromatic carbocycles. The molecule has 0 aliphatic carbocycles. The van der Waals surface area contributed by atoms with E-state index in [1.54, 1.807) is 4.31 Å². The second-order valence-electron chi connectivity index (χ2n) is 6.00. The van der Waals surface area contributed by atoms with Gasteiger partial charge in [0, 0.05) is 25.2 Å². The molecule has 116 valence electrons. The molecule has 7 heteroatoms. The molecule has 2 aliphatic rings. The van der Waals surface area contributed by atoms with Gasteiger partial charge in [-0.1, -0.05) is 6.42 Å². The molecule has 0 radical (unpaired) electrons. The quantitative estimate of drug-likeness (QED) is 0.852. The molecule has 3 atom stereocenters. The molecule has 2 fully saturated rings. The molecule has 0 aromatic heterocycles. The Labute approximate surface area is 120 Å². The van der Waals surface area contributed by atoms with E-state index in [0.717, 1.165) is 19.3 Å². The van der Waals surface area contributed by atoms with Crippen LogP contribution in [0.5, 0.6) is 0 Å². The summed E-state index contributed by atoms with van der Waals surface area (Å²) in [6.07, 6.45) is 3.98. The third-order valence-electron chi connectivity index (χ3n) is 4.44. The van der Waals surface area contributed by atoms with Crippen molar-refractivity contribution in [3.05, 3.63) is 0 Å². The number of piperidine rings is 2. The zero-order valence-corrected chi connectivity index (χ0v) is 13.0. The predicted molar refractivity (Wildman–Crippen MR) is 75.5 cm³/mol. The number of aliphatic carboxylic acids is 1. The van der Waals surface area contributed by atoms with E-state index in [-0.39, 0.29) is 18.6 Å². The van der Waals surface area contributed by atoms with Crippen molar-refractivity contribution >= 4 is 16.2 Å². The maximum Gasteiger partial charge on any atom is 0.307 e. The van der Waals surface area contributed by atoms with Gasteiger partial charge in [0.25, 0.3) is 10.2 Å². The second-order valence-corrected chi connectivity index (χ2v) is 7.84. The number of nitrogens with zero attached hydrogens (tertiary/aromatic N) is 2. The van der Waals surface area contributed by atoms with Crippen LogP contribution in [0, 0.1) is 5.92 Å². The Hall–Kier alpha value is -0.660. The summed E-state index contributed by atoms with van der Waals surface area (Å²) in [6, 6.07) is -0.0112. The van der Waals surface area contributed by atoms with Crippen LogP contribution in [0.15, 0.2) is 0 Å². The van der Waals surface area contributed by atoms with Crippen molar-refractivity contribution in [2.24, 2.45) is 5.92 Å². The van der Waals surface area contributed by atoms with Gasteiger partial charge in [-0.05, 0) is 39.5 Å². The summed E-state index contributed by atoms with van der Waals surface area (Å²) in [5.74, 6) is -1.47. The van der Waals surface area contributed by atoms with Crippen LogP contribution in [-0.2, 0) is 15.0 Å². The van der Waals surface area contributed by atoms with E-state index >= 15 is 0 Å². The lowest BCUT2D eigenvalue weighted by Gasteiger charge is -2.42. The van der Waals surface area contributed by atoms with E-state index < -0.39 is 22.1 Å². The van der Waals surface area contributed by atoms with Gasteiger partial charge in [0.1, 0.15) is 0 Å². The van der Waals surface area contributed by atoms with E-state index in [1.165, 1.54) is 4.31 Å². The minimum Gasteiger partial charge on any atom is -0.481 e. The van der Waals surface area contributed by atoms with Crippen LogP contribution >= 0.6 is 0 Å². The summed E-state index contributed by atoms with van der Waals surface area (Å²) in [5.41, 5.74) is 0. The van der Waals surface area contributed by atoms with Gasteiger partial charge >= 0.3 is 5.97 Å². The molecule has 0 saturated carbocycles. The average Bonchev–Trinajstić information content (AvgIpc) is 2.38. The summed E-state index contributed by atoms with van der Waals surface area (Å²) in [4.78, 5) is 11.1. The van der Waals surface area contributed by atoms with E-state index in [4.69, 9.17) is 5.11 Å². The SMILES string of the molecule is CC1CCCC(C)N1S(=O)(=O)N1CCCC(C(=O)O)C1. The molecule has 2 heterocycles. The number of hydrogen-bond donors (Lipinski definition) is 1. The van der Waals surface area contributed by atoms with Gasteiger partial charge in [0.05, 0.1) is 5.92 Å². The molecule has 20 heavy (non-hydrogen) atoms. The van der Waals surface area contributed by atoms with Crippen LogP contribution in [0.3, 0.4) is 0 Å². The van der Waals surface area contributed by atoms with Gasteiger partial charge in [-0.3, -0.25) is 4.79 Å². The van der Waals surface area contributed by atoms with Gasteiger partial charge < -0.3 is 5.11 Å². The van der Waals surface area contributed by atoms with Crippen LogP contribution in [0.1, 0.15) is 46.0 Å². The Morgan fingerprint density at radius 1 is 1.10 bits per heavy atom. The largest absolute Gasteiger partial charge is 0.481 e. The molecule has 0 amide bonds. The number of hydrogen-bond acceptors (Lipinski definition) is 3. The zero-order valence-electron chi connectivity index (χ0n) is 12.2. The van der Waals surface area contributed by atoms with Crippen LogP contribution in [0.2, 0.25) is 0 Å². The molecule has 0 spiro atoms. The molecule has 3 unspecified atom stereocenters. The first kappa shape index (κ1) is 15.7. The number of carboxylic acids is 1. The van der Waals surface area contributed by atoms with Gasteiger partial charge in [-0.15, -0.1) is 0 Å². The van der Waals surface area contributed by atoms with Crippen molar-refractivity contribution in [2.45, 2.75) is 58.0 Å². The second kappa shape index (κ2) is 5.99. The van der Waals surface area contributed by atoms with Crippen LogP contribution in [0.25, 0.3) is 0 Å². The molecule has 2 aliphatic heterocycles. The third kappa shape index (κ3) is 2.99. The Kier molecular flexibility index (Phi) is 4.71. The highest BCUT2D eigenvalue weighted by molar-refractivity contribution is 7.86. The lowest BCUT2D eigenvalue weighted by Crippen LogP contribution is -2.55. The molecule has 0 aromatic rings. The van der Waals surface area contributed by atoms with Crippen LogP contribution < -0.4 is 0 Å². The fourth-order valence-corrected chi connectivity index (χ4v) is 5.45. The zero-order chi connectivity index (χ0) is 14.9. The normalized spacial score (nSPS) is 34.0. The van der Waals surface area contributed by atoms with E-state index in [2.05, 4.69) is 0 Å². The molecular weight excluding hydrogens is 280 g/mol. The topological polar surface area (TPSA) is 77.9 Å². The molecule has 0 bridgehead atoms. The first-order valence-corrected chi connectivity index (χ1v) is 8.75. The molecule has 2 rings (SSSR count). The van der Waals surface area contributed by atoms with Crippen LogP contribution in [0.4, 0.5) is 0 Å². The van der Waals surface area contributed by atoms with Gasteiger partial charge in [0.2, 0.25) is 0 Å². The van der Waals surface area contributed by atoms with Crippen molar-refractivity contribution in [3.63, 3.8) is 0 Å². The van der Waals surface area contributed by atoms with Gasteiger partial charge in [0.15, 0.2) is 0 Å². The monoisotopic (exact) mass is 304 g/mol. The highest BCUT2D eigenvalue weighted by Gasteiger charge is 2.41. The smallest absolute Gasteiger partial charge is 0.307 e. The highest BCUT2D eigenvalue weighted by Crippen LogP contribution is 2.29. The maximum atomic E-state index is 12.8. The van der Waals surface area contributed by atoms with Crippen molar-refractivity contribution < 1.29 is 18.3 Å². The fourth-order valence-electron chi connectivity index (χ4n) is 3.34. The third-order valence-corrected chi connectivity index (χ3v) is 6.68. The lowest BCUT2D eigenvalue weighted by atomic mass is 10.0. The van der Waals surface area contributed by atoms with Crippen LogP contribution in [-0.4, -0.2) is 53.3 Å².